The standard InChI is InChI=1S/C21H43N3/c1-3-5-7-9-10-15-19-23-21(22-18-14-8-6-4-2)24-20-16-12-11-13-17-20/h20H,3-19H2,1-2H3,(H2,22,23,24). The van der Waals surface area contributed by atoms with Gasteiger partial charge in [-0.3, -0.25) is 4.99 Å². The zero-order valence-corrected chi connectivity index (χ0v) is 16.5. The molecule has 0 aromatic carbocycles. The summed E-state index contributed by atoms with van der Waals surface area (Å²) in [5, 5.41) is 7.27. The zero-order chi connectivity index (χ0) is 17.3. The summed E-state index contributed by atoms with van der Waals surface area (Å²) in [6.45, 7) is 6.59. The van der Waals surface area contributed by atoms with Crippen LogP contribution in [0.1, 0.15) is 110 Å². The highest BCUT2D eigenvalue weighted by Crippen LogP contribution is 2.17. The van der Waals surface area contributed by atoms with E-state index in [0.29, 0.717) is 6.04 Å². The Hall–Kier alpha value is -0.730. The molecule has 0 aromatic rings. The fourth-order valence-corrected chi connectivity index (χ4v) is 3.43. The average Bonchev–Trinajstić information content (AvgIpc) is 2.61. The Kier molecular flexibility index (Phi) is 14.0. The van der Waals surface area contributed by atoms with E-state index in [0.717, 1.165) is 19.0 Å². The first-order chi connectivity index (χ1) is 11.9. The molecule has 0 amide bonds. The molecule has 1 saturated carbocycles. The summed E-state index contributed by atoms with van der Waals surface area (Å²) < 4.78 is 0. The minimum Gasteiger partial charge on any atom is -0.356 e. The Bertz CT molecular complexity index is 295. The van der Waals surface area contributed by atoms with Crippen molar-refractivity contribution in [3.05, 3.63) is 0 Å². The Morgan fingerprint density at radius 2 is 1.42 bits per heavy atom. The molecular formula is C21H43N3. The molecule has 0 aliphatic heterocycles. The van der Waals surface area contributed by atoms with Crippen LogP contribution >= 0.6 is 0 Å². The van der Waals surface area contributed by atoms with Crippen LogP contribution in [0.25, 0.3) is 0 Å². The van der Waals surface area contributed by atoms with Crippen LogP contribution in [0.5, 0.6) is 0 Å². The first-order valence-corrected chi connectivity index (χ1v) is 10.9. The van der Waals surface area contributed by atoms with Gasteiger partial charge in [-0.2, -0.15) is 0 Å². The van der Waals surface area contributed by atoms with Crippen LogP contribution in [0.3, 0.4) is 0 Å². The van der Waals surface area contributed by atoms with Crippen LogP contribution in [0.15, 0.2) is 4.99 Å². The molecule has 1 fully saturated rings. The second-order valence-corrected chi connectivity index (χ2v) is 7.46. The van der Waals surface area contributed by atoms with Crippen molar-refractivity contribution in [2.45, 2.75) is 116 Å². The molecule has 0 heterocycles. The normalized spacial score (nSPS) is 16.3. The van der Waals surface area contributed by atoms with E-state index < -0.39 is 0 Å². The molecule has 3 heteroatoms. The van der Waals surface area contributed by atoms with Crippen LogP contribution < -0.4 is 10.6 Å². The van der Waals surface area contributed by atoms with Crippen molar-refractivity contribution in [2.75, 3.05) is 13.1 Å². The lowest BCUT2D eigenvalue weighted by Crippen LogP contribution is -2.44. The minimum atomic E-state index is 0.644. The fourth-order valence-electron chi connectivity index (χ4n) is 3.43. The van der Waals surface area contributed by atoms with Crippen molar-refractivity contribution < 1.29 is 0 Å². The van der Waals surface area contributed by atoms with Gasteiger partial charge in [-0.25, -0.2) is 0 Å². The summed E-state index contributed by atoms with van der Waals surface area (Å²) in [5.74, 6) is 1.08. The molecule has 1 aliphatic rings. The minimum absolute atomic E-state index is 0.644. The van der Waals surface area contributed by atoms with Crippen LogP contribution in [0, 0.1) is 0 Å². The Morgan fingerprint density at radius 3 is 2.12 bits per heavy atom. The number of hydrogen-bond acceptors (Lipinski definition) is 1. The molecule has 0 spiro atoms. The third-order valence-corrected chi connectivity index (χ3v) is 5.05. The quantitative estimate of drug-likeness (QED) is 0.253. The van der Waals surface area contributed by atoms with Crippen molar-refractivity contribution >= 4 is 5.96 Å². The van der Waals surface area contributed by atoms with Gasteiger partial charge in [0.1, 0.15) is 0 Å². The molecule has 24 heavy (non-hydrogen) atoms. The molecule has 0 bridgehead atoms. The van der Waals surface area contributed by atoms with Gasteiger partial charge in [0.15, 0.2) is 5.96 Å². The van der Waals surface area contributed by atoms with Crippen molar-refractivity contribution in [1.82, 2.24) is 10.6 Å². The number of guanidine groups is 1. The number of rotatable bonds is 13. The molecule has 2 N–H and O–H groups in total. The van der Waals surface area contributed by atoms with E-state index in [-0.39, 0.29) is 0 Å². The van der Waals surface area contributed by atoms with Gasteiger partial charge >= 0.3 is 0 Å². The van der Waals surface area contributed by atoms with Crippen LogP contribution in [-0.4, -0.2) is 25.1 Å². The lowest BCUT2D eigenvalue weighted by atomic mass is 9.96. The molecule has 3 nitrogen and oxygen atoms in total. The van der Waals surface area contributed by atoms with E-state index in [4.69, 9.17) is 4.99 Å². The Morgan fingerprint density at radius 1 is 0.792 bits per heavy atom. The monoisotopic (exact) mass is 337 g/mol. The topological polar surface area (TPSA) is 36.4 Å². The highest BCUT2D eigenvalue weighted by molar-refractivity contribution is 5.80. The molecule has 142 valence electrons. The highest BCUT2D eigenvalue weighted by atomic mass is 15.2. The second-order valence-electron chi connectivity index (χ2n) is 7.46. The summed E-state index contributed by atoms with van der Waals surface area (Å²) in [5.41, 5.74) is 0. The maximum Gasteiger partial charge on any atom is 0.191 e. The van der Waals surface area contributed by atoms with Gasteiger partial charge in [-0.1, -0.05) is 84.5 Å². The van der Waals surface area contributed by atoms with Crippen LogP contribution in [-0.2, 0) is 0 Å². The number of hydrogen-bond donors (Lipinski definition) is 2. The average molecular weight is 338 g/mol. The van der Waals surface area contributed by atoms with Crippen LogP contribution in [0.2, 0.25) is 0 Å². The van der Waals surface area contributed by atoms with Gasteiger partial charge in [0.25, 0.3) is 0 Å². The summed E-state index contributed by atoms with van der Waals surface area (Å²) >= 11 is 0. The molecule has 0 saturated heterocycles. The number of nitrogens with zero attached hydrogens (tertiary/aromatic N) is 1. The predicted molar refractivity (Wildman–Crippen MR) is 108 cm³/mol. The first-order valence-electron chi connectivity index (χ1n) is 10.9. The lowest BCUT2D eigenvalue weighted by Gasteiger charge is -2.25. The molecule has 0 radical (unpaired) electrons. The predicted octanol–water partition coefficient (Wildman–Crippen LogP) is 5.80. The van der Waals surface area contributed by atoms with Crippen molar-refractivity contribution in [2.24, 2.45) is 4.99 Å². The first kappa shape index (κ1) is 21.3. The molecule has 1 rings (SSSR count). The maximum absolute atomic E-state index is 4.85. The van der Waals surface area contributed by atoms with E-state index >= 15 is 0 Å². The second kappa shape index (κ2) is 15.8. The summed E-state index contributed by atoms with van der Waals surface area (Å²) in [4.78, 5) is 4.85. The largest absolute Gasteiger partial charge is 0.356 e. The number of nitrogens with one attached hydrogen (secondary N) is 2. The number of unbranched alkanes of at least 4 members (excludes halogenated alkanes) is 8. The molecule has 0 aromatic heterocycles. The van der Waals surface area contributed by atoms with E-state index in [2.05, 4.69) is 24.5 Å². The third-order valence-electron chi connectivity index (χ3n) is 5.05. The van der Waals surface area contributed by atoms with Gasteiger partial charge in [0.2, 0.25) is 0 Å². The lowest BCUT2D eigenvalue weighted by molar-refractivity contribution is 0.409. The summed E-state index contributed by atoms with van der Waals surface area (Å²) in [7, 11) is 0. The Labute approximate surface area is 151 Å². The van der Waals surface area contributed by atoms with Gasteiger partial charge in [0, 0.05) is 19.1 Å². The van der Waals surface area contributed by atoms with Gasteiger partial charge < -0.3 is 10.6 Å². The third kappa shape index (κ3) is 11.8. The van der Waals surface area contributed by atoms with E-state index in [1.165, 1.54) is 96.3 Å². The summed E-state index contributed by atoms with van der Waals surface area (Å²) in [6, 6.07) is 0.644. The van der Waals surface area contributed by atoms with Crippen molar-refractivity contribution in [1.29, 1.82) is 0 Å². The van der Waals surface area contributed by atoms with Crippen LogP contribution in [0.4, 0.5) is 0 Å². The van der Waals surface area contributed by atoms with Crippen molar-refractivity contribution in [3.8, 4) is 0 Å². The number of aliphatic imine (C=N–C) groups is 1. The molecule has 1 aliphatic carbocycles. The SMILES string of the molecule is CCCCCCCCN=C(NCCCCCC)NC1CCCCC1. The van der Waals surface area contributed by atoms with Gasteiger partial charge in [-0.15, -0.1) is 0 Å². The maximum atomic E-state index is 4.85. The van der Waals surface area contributed by atoms with E-state index in [9.17, 15) is 0 Å². The zero-order valence-electron chi connectivity index (χ0n) is 16.5. The molecule has 0 atom stereocenters. The smallest absolute Gasteiger partial charge is 0.191 e. The van der Waals surface area contributed by atoms with Gasteiger partial charge in [-0.05, 0) is 25.7 Å². The highest BCUT2D eigenvalue weighted by Gasteiger charge is 2.14. The van der Waals surface area contributed by atoms with E-state index in [1.807, 2.05) is 0 Å². The Balaban J connectivity index is 2.25. The van der Waals surface area contributed by atoms with Crippen molar-refractivity contribution in [3.63, 3.8) is 0 Å². The summed E-state index contributed by atoms with van der Waals surface area (Å²) in [6.07, 6.45) is 20.1. The molecule has 0 unspecified atom stereocenters. The van der Waals surface area contributed by atoms with Gasteiger partial charge in [0.05, 0.1) is 0 Å². The fraction of sp³-hybridized carbons (Fsp3) is 0.952. The molecular weight excluding hydrogens is 294 g/mol. The van der Waals surface area contributed by atoms with E-state index in [1.54, 1.807) is 0 Å².